The molecule has 0 aliphatic heterocycles. The monoisotopic (exact) mass is 261 g/mol. The molecule has 1 fully saturated rings. The van der Waals surface area contributed by atoms with Crippen molar-refractivity contribution < 1.29 is 4.74 Å². The molecular formula is C17H27NO. The Labute approximate surface area is 117 Å². The molecule has 2 heteroatoms. The lowest BCUT2D eigenvalue weighted by Gasteiger charge is -2.32. The molecule has 19 heavy (non-hydrogen) atoms. The lowest BCUT2D eigenvalue weighted by atomic mass is 9.75. The van der Waals surface area contributed by atoms with Crippen LogP contribution in [0.3, 0.4) is 0 Å². The van der Waals surface area contributed by atoms with Crippen molar-refractivity contribution in [1.29, 1.82) is 0 Å². The molecule has 0 saturated heterocycles. The van der Waals surface area contributed by atoms with Crippen molar-refractivity contribution in [2.75, 3.05) is 19.7 Å². The van der Waals surface area contributed by atoms with Crippen LogP contribution in [0.2, 0.25) is 0 Å². The molecule has 0 radical (unpaired) electrons. The van der Waals surface area contributed by atoms with Crippen molar-refractivity contribution in [1.82, 2.24) is 5.32 Å². The second kappa shape index (κ2) is 7.54. The van der Waals surface area contributed by atoms with E-state index in [-0.39, 0.29) is 0 Å². The standard InChI is InChI=1S/C17H27NO/c1-3-18-13-15-8-5-6-11-17(15)14-9-7-10-16(12-14)19-4-2/h7,9-10,12,15,17-18H,3-6,8,11,13H2,1-2H3. The highest BCUT2D eigenvalue weighted by Crippen LogP contribution is 2.38. The van der Waals surface area contributed by atoms with Gasteiger partial charge in [-0.1, -0.05) is 31.9 Å². The summed E-state index contributed by atoms with van der Waals surface area (Å²) in [5, 5.41) is 3.53. The lowest BCUT2D eigenvalue weighted by Crippen LogP contribution is -2.29. The van der Waals surface area contributed by atoms with E-state index in [2.05, 4.69) is 36.5 Å². The molecule has 1 saturated carbocycles. The molecule has 106 valence electrons. The molecule has 0 bridgehead atoms. The van der Waals surface area contributed by atoms with Crippen molar-refractivity contribution in [3.8, 4) is 5.75 Å². The van der Waals surface area contributed by atoms with E-state index in [0.717, 1.165) is 31.4 Å². The highest BCUT2D eigenvalue weighted by Gasteiger charge is 2.26. The molecule has 2 nitrogen and oxygen atoms in total. The normalized spacial score (nSPS) is 23.3. The summed E-state index contributed by atoms with van der Waals surface area (Å²) in [7, 11) is 0. The maximum Gasteiger partial charge on any atom is 0.119 e. The quantitative estimate of drug-likeness (QED) is 0.836. The third-order valence-electron chi connectivity index (χ3n) is 4.16. The van der Waals surface area contributed by atoms with Crippen molar-refractivity contribution >= 4 is 0 Å². The van der Waals surface area contributed by atoms with Crippen LogP contribution in [0.1, 0.15) is 51.0 Å². The number of benzene rings is 1. The maximum atomic E-state index is 5.64. The third kappa shape index (κ3) is 3.97. The Balaban J connectivity index is 2.09. The second-order valence-electron chi connectivity index (χ2n) is 5.46. The van der Waals surface area contributed by atoms with Gasteiger partial charge in [-0.15, -0.1) is 0 Å². The molecule has 1 N–H and O–H groups in total. The van der Waals surface area contributed by atoms with E-state index in [1.165, 1.54) is 31.2 Å². The zero-order valence-electron chi connectivity index (χ0n) is 12.3. The Kier molecular flexibility index (Phi) is 5.71. The van der Waals surface area contributed by atoms with Crippen molar-refractivity contribution in [2.24, 2.45) is 5.92 Å². The smallest absolute Gasteiger partial charge is 0.119 e. The minimum atomic E-state index is 0.702. The molecule has 1 aliphatic rings. The number of rotatable bonds is 6. The average molecular weight is 261 g/mol. The molecular weight excluding hydrogens is 234 g/mol. The van der Waals surface area contributed by atoms with E-state index in [9.17, 15) is 0 Å². The number of hydrogen-bond donors (Lipinski definition) is 1. The maximum absolute atomic E-state index is 5.64. The molecule has 0 aromatic heterocycles. The fraction of sp³-hybridized carbons (Fsp3) is 0.647. The van der Waals surface area contributed by atoms with E-state index in [1.807, 2.05) is 6.92 Å². The first kappa shape index (κ1) is 14.4. The van der Waals surface area contributed by atoms with E-state index >= 15 is 0 Å². The molecule has 1 aromatic carbocycles. The van der Waals surface area contributed by atoms with Crippen LogP contribution in [0.15, 0.2) is 24.3 Å². The van der Waals surface area contributed by atoms with Crippen LogP contribution in [0, 0.1) is 5.92 Å². The van der Waals surface area contributed by atoms with Crippen LogP contribution in [0.4, 0.5) is 0 Å². The zero-order valence-corrected chi connectivity index (χ0v) is 12.3. The van der Waals surface area contributed by atoms with Crippen molar-refractivity contribution in [3.63, 3.8) is 0 Å². The van der Waals surface area contributed by atoms with Gasteiger partial charge in [-0.25, -0.2) is 0 Å². The van der Waals surface area contributed by atoms with E-state index in [4.69, 9.17) is 4.74 Å². The number of hydrogen-bond acceptors (Lipinski definition) is 2. The summed E-state index contributed by atoms with van der Waals surface area (Å²) in [6.45, 7) is 7.20. The Hall–Kier alpha value is -1.02. The van der Waals surface area contributed by atoms with Gasteiger partial charge in [-0.3, -0.25) is 0 Å². The number of nitrogens with one attached hydrogen (secondary N) is 1. The van der Waals surface area contributed by atoms with Gasteiger partial charge in [0, 0.05) is 0 Å². The van der Waals surface area contributed by atoms with Crippen LogP contribution in [0.25, 0.3) is 0 Å². The number of ether oxygens (including phenoxy) is 1. The van der Waals surface area contributed by atoms with E-state index < -0.39 is 0 Å². The Bertz CT molecular complexity index is 377. The molecule has 2 rings (SSSR count). The first-order valence-electron chi connectivity index (χ1n) is 7.78. The molecule has 2 atom stereocenters. The fourth-order valence-corrected chi connectivity index (χ4v) is 3.22. The lowest BCUT2D eigenvalue weighted by molar-refractivity contribution is 0.295. The third-order valence-corrected chi connectivity index (χ3v) is 4.16. The van der Waals surface area contributed by atoms with E-state index in [1.54, 1.807) is 0 Å². The summed E-state index contributed by atoms with van der Waals surface area (Å²) in [6.07, 6.45) is 5.44. The molecule has 0 amide bonds. The molecule has 0 spiro atoms. The summed E-state index contributed by atoms with van der Waals surface area (Å²) in [4.78, 5) is 0. The van der Waals surface area contributed by atoms with Crippen molar-refractivity contribution in [3.05, 3.63) is 29.8 Å². The fourth-order valence-electron chi connectivity index (χ4n) is 3.22. The predicted molar refractivity (Wildman–Crippen MR) is 80.9 cm³/mol. The van der Waals surface area contributed by atoms with Gasteiger partial charge in [-0.2, -0.15) is 0 Å². The summed E-state index contributed by atoms with van der Waals surface area (Å²) < 4.78 is 5.64. The Morgan fingerprint density at radius 3 is 2.84 bits per heavy atom. The minimum Gasteiger partial charge on any atom is -0.494 e. The van der Waals surface area contributed by atoms with Gasteiger partial charge in [0.1, 0.15) is 5.75 Å². The summed E-state index contributed by atoms with van der Waals surface area (Å²) >= 11 is 0. The zero-order chi connectivity index (χ0) is 13.5. The Morgan fingerprint density at radius 2 is 2.05 bits per heavy atom. The van der Waals surface area contributed by atoms with E-state index in [0.29, 0.717) is 5.92 Å². The molecule has 1 aliphatic carbocycles. The second-order valence-corrected chi connectivity index (χ2v) is 5.46. The summed E-state index contributed by atoms with van der Waals surface area (Å²) in [5.74, 6) is 2.51. The van der Waals surface area contributed by atoms with Crippen LogP contribution >= 0.6 is 0 Å². The molecule has 1 aromatic rings. The van der Waals surface area contributed by atoms with Crippen LogP contribution in [-0.4, -0.2) is 19.7 Å². The van der Waals surface area contributed by atoms with Crippen LogP contribution < -0.4 is 10.1 Å². The first-order chi connectivity index (χ1) is 9.35. The van der Waals surface area contributed by atoms with Gasteiger partial charge >= 0.3 is 0 Å². The van der Waals surface area contributed by atoms with Gasteiger partial charge in [0.2, 0.25) is 0 Å². The topological polar surface area (TPSA) is 21.3 Å². The summed E-state index contributed by atoms with van der Waals surface area (Å²) in [6, 6.07) is 8.73. The highest BCUT2D eigenvalue weighted by molar-refractivity contribution is 5.31. The van der Waals surface area contributed by atoms with Gasteiger partial charge in [-0.05, 0) is 62.4 Å². The predicted octanol–water partition coefficient (Wildman–Crippen LogP) is 3.97. The summed E-state index contributed by atoms with van der Waals surface area (Å²) in [5.41, 5.74) is 1.47. The minimum absolute atomic E-state index is 0.702. The van der Waals surface area contributed by atoms with Gasteiger partial charge < -0.3 is 10.1 Å². The first-order valence-corrected chi connectivity index (χ1v) is 7.78. The van der Waals surface area contributed by atoms with Crippen LogP contribution in [0.5, 0.6) is 5.75 Å². The van der Waals surface area contributed by atoms with Gasteiger partial charge in [0.15, 0.2) is 0 Å². The van der Waals surface area contributed by atoms with Crippen molar-refractivity contribution in [2.45, 2.75) is 45.4 Å². The highest BCUT2D eigenvalue weighted by atomic mass is 16.5. The largest absolute Gasteiger partial charge is 0.494 e. The average Bonchev–Trinajstić information content (AvgIpc) is 2.46. The molecule has 2 unspecified atom stereocenters. The SMILES string of the molecule is CCNCC1CCCCC1c1cccc(OCC)c1. The Morgan fingerprint density at radius 1 is 1.21 bits per heavy atom. The van der Waals surface area contributed by atoms with Gasteiger partial charge in [0.25, 0.3) is 0 Å². The van der Waals surface area contributed by atoms with Gasteiger partial charge in [0.05, 0.1) is 6.61 Å². The molecule has 0 heterocycles. The van der Waals surface area contributed by atoms with Crippen LogP contribution in [-0.2, 0) is 0 Å².